The minimum absolute atomic E-state index is 0.0124. The number of para-hydroxylation sites is 4. The first-order chi connectivity index (χ1) is 24.3. The highest BCUT2D eigenvalue weighted by Gasteiger charge is 2.46. The molecule has 2 heterocycles. The predicted molar refractivity (Wildman–Crippen MR) is 211 cm³/mol. The van der Waals surface area contributed by atoms with E-state index < -0.39 is 0 Å². The van der Waals surface area contributed by atoms with Crippen LogP contribution in [0.4, 0.5) is 0 Å². The molecule has 0 radical (unpaired) electrons. The molecule has 0 saturated carbocycles. The van der Waals surface area contributed by atoms with Crippen molar-refractivity contribution in [3.05, 3.63) is 161 Å². The lowest BCUT2D eigenvalue weighted by molar-refractivity contribution is 0.604. The van der Waals surface area contributed by atoms with E-state index in [1.807, 2.05) is 0 Å². The first-order valence-electron chi connectivity index (χ1n) is 18.1. The first kappa shape index (κ1) is 28.3. The van der Waals surface area contributed by atoms with Gasteiger partial charge in [-0.2, -0.15) is 0 Å². The number of allylic oxidation sites excluding steroid dienone is 4. The third-order valence-corrected chi connectivity index (χ3v) is 12.5. The van der Waals surface area contributed by atoms with Crippen molar-refractivity contribution in [3.8, 4) is 16.8 Å². The Morgan fingerprint density at radius 2 is 1.00 bits per heavy atom. The molecule has 0 N–H and O–H groups in total. The Morgan fingerprint density at radius 1 is 0.480 bits per heavy atom. The molecule has 50 heavy (non-hydrogen) atoms. The van der Waals surface area contributed by atoms with Crippen LogP contribution in [0.2, 0.25) is 0 Å². The molecule has 3 aliphatic carbocycles. The molecule has 2 aromatic heterocycles. The van der Waals surface area contributed by atoms with Crippen LogP contribution in [0.3, 0.4) is 0 Å². The number of fused-ring (bicyclic) bond motifs is 12. The van der Waals surface area contributed by atoms with E-state index in [2.05, 4.69) is 170 Å². The van der Waals surface area contributed by atoms with Gasteiger partial charge in [0.1, 0.15) is 0 Å². The summed E-state index contributed by atoms with van der Waals surface area (Å²) in [5.74, 6) is 0. The average Bonchev–Trinajstić information content (AvgIpc) is 3.80. The van der Waals surface area contributed by atoms with E-state index in [1.165, 1.54) is 93.9 Å². The zero-order chi connectivity index (χ0) is 33.5. The summed E-state index contributed by atoms with van der Waals surface area (Å²) in [5.41, 5.74) is 19.2. The second-order valence-electron chi connectivity index (χ2n) is 15.7. The lowest BCUT2D eigenvalue weighted by Crippen LogP contribution is -2.20. The molecule has 0 bridgehead atoms. The van der Waals surface area contributed by atoms with Crippen molar-refractivity contribution in [2.45, 2.75) is 51.4 Å². The summed E-state index contributed by atoms with van der Waals surface area (Å²) >= 11 is 0. The quantitative estimate of drug-likeness (QED) is 0.178. The van der Waals surface area contributed by atoms with E-state index in [-0.39, 0.29) is 10.8 Å². The minimum atomic E-state index is -0.133. The number of hydrogen-bond donors (Lipinski definition) is 0. The van der Waals surface area contributed by atoms with Gasteiger partial charge in [0.15, 0.2) is 0 Å². The minimum Gasteiger partial charge on any atom is -0.313 e. The molecular weight excluding hydrogens is 605 g/mol. The summed E-state index contributed by atoms with van der Waals surface area (Å²) < 4.78 is 5.00. The smallest absolute Gasteiger partial charge is 0.0541 e. The van der Waals surface area contributed by atoms with Crippen LogP contribution >= 0.6 is 0 Å². The SMILES string of the molecule is CC1(C)C2=C(C=C(n3c4ccccc4c4ccccc43)CC2)c2c1ccc1c2C(C)(C)c2ccc(-n3c4ccccc4c4ccccc43)cc2-1. The van der Waals surface area contributed by atoms with Crippen LogP contribution in [0.15, 0.2) is 139 Å². The molecule has 0 unspecified atom stereocenters. The van der Waals surface area contributed by atoms with Crippen LogP contribution in [-0.2, 0) is 10.8 Å². The van der Waals surface area contributed by atoms with E-state index >= 15 is 0 Å². The molecule has 0 saturated heterocycles. The van der Waals surface area contributed by atoms with Crippen molar-refractivity contribution in [1.29, 1.82) is 0 Å². The second-order valence-corrected chi connectivity index (χ2v) is 15.7. The molecule has 0 aliphatic heterocycles. The highest BCUT2D eigenvalue weighted by atomic mass is 15.0. The van der Waals surface area contributed by atoms with Crippen molar-refractivity contribution in [1.82, 2.24) is 9.13 Å². The van der Waals surface area contributed by atoms with Crippen LogP contribution in [-0.4, -0.2) is 9.13 Å². The van der Waals surface area contributed by atoms with Gasteiger partial charge in [0.25, 0.3) is 0 Å². The molecule has 2 nitrogen and oxygen atoms in total. The predicted octanol–water partition coefficient (Wildman–Crippen LogP) is 12.6. The molecule has 8 aromatic rings. The van der Waals surface area contributed by atoms with Gasteiger partial charge in [-0.1, -0.05) is 124 Å². The molecular formula is C48H38N2. The maximum atomic E-state index is 2.56. The average molecular weight is 643 g/mol. The van der Waals surface area contributed by atoms with E-state index in [9.17, 15) is 0 Å². The summed E-state index contributed by atoms with van der Waals surface area (Å²) in [4.78, 5) is 0. The van der Waals surface area contributed by atoms with E-state index in [0.29, 0.717) is 0 Å². The fourth-order valence-corrected chi connectivity index (χ4v) is 10.2. The van der Waals surface area contributed by atoms with Crippen LogP contribution in [0, 0.1) is 0 Å². The van der Waals surface area contributed by atoms with Crippen molar-refractivity contribution in [2.75, 3.05) is 0 Å². The Balaban J connectivity index is 1.14. The molecule has 0 atom stereocenters. The van der Waals surface area contributed by atoms with Gasteiger partial charge >= 0.3 is 0 Å². The second kappa shape index (κ2) is 9.55. The molecule has 0 fully saturated rings. The topological polar surface area (TPSA) is 9.86 Å². The Morgan fingerprint density at radius 3 is 1.58 bits per heavy atom. The van der Waals surface area contributed by atoms with Gasteiger partial charge in [-0.05, 0) is 94.3 Å². The van der Waals surface area contributed by atoms with E-state index in [1.54, 1.807) is 5.57 Å². The Bertz CT molecular complexity index is 2760. The van der Waals surface area contributed by atoms with Crippen molar-refractivity contribution >= 4 is 54.9 Å². The van der Waals surface area contributed by atoms with E-state index in [4.69, 9.17) is 0 Å². The van der Waals surface area contributed by atoms with Crippen LogP contribution in [0.25, 0.3) is 71.7 Å². The fourth-order valence-electron chi connectivity index (χ4n) is 10.2. The zero-order valence-electron chi connectivity index (χ0n) is 29.0. The molecule has 3 aliphatic rings. The van der Waals surface area contributed by atoms with Crippen LogP contribution in [0.5, 0.6) is 0 Å². The highest BCUT2D eigenvalue weighted by molar-refractivity contribution is 6.11. The van der Waals surface area contributed by atoms with Crippen LogP contribution in [0.1, 0.15) is 62.8 Å². The molecule has 0 amide bonds. The van der Waals surface area contributed by atoms with Crippen LogP contribution < -0.4 is 0 Å². The molecule has 6 aromatic carbocycles. The number of nitrogens with zero attached hydrogens (tertiary/aromatic N) is 2. The zero-order valence-corrected chi connectivity index (χ0v) is 29.0. The van der Waals surface area contributed by atoms with E-state index in [0.717, 1.165) is 12.8 Å². The number of benzene rings is 6. The van der Waals surface area contributed by atoms with Crippen molar-refractivity contribution in [3.63, 3.8) is 0 Å². The number of aromatic nitrogens is 2. The summed E-state index contributed by atoms with van der Waals surface area (Å²) in [6.45, 7) is 9.80. The molecule has 0 spiro atoms. The Kier molecular flexibility index (Phi) is 5.40. The van der Waals surface area contributed by atoms with Crippen molar-refractivity contribution < 1.29 is 0 Å². The lowest BCUT2D eigenvalue weighted by Gasteiger charge is -2.27. The van der Waals surface area contributed by atoms with Gasteiger partial charge in [0.05, 0.1) is 22.1 Å². The van der Waals surface area contributed by atoms with Gasteiger partial charge in [-0.25, -0.2) is 0 Å². The van der Waals surface area contributed by atoms with Gasteiger partial charge in [0.2, 0.25) is 0 Å². The summed E-state index contributed by atoms with van der Waals surface area (Å²) in [5, 5.41) is 5.25. The molecule has 240 valence electrons. The Labute approximate surface area is 292 Å². The highest BCUT2D eigenvalue weighted by Crippen LogP contribution is 2.60. The maximum absolute atomic E-state index is 2.56. The van der Waals surface area contributed by atoms with Gasteiger partial charge in [0, 0.05) is 43.8 Å². The number of rotatable bonds is 2. The monoisotopic (exact) mass is 642 g/mol. The fraction of sp³-hybridized carbons (Fsp3) is 0.167. The van der Waals surface area contributed by atoms with Gasteiger partial charge in [-0.3, -0.25) is 0 Å². The molecule has 11 rings (SSSR count). The van der Waals surface area contributed by atoms with Crippen molar-refractivity contribution in [2.24, 2.45) is 0 Å². The largest absolute Gasteiger partial charge is 0.313 e. The van der Waals surface area contributed by atoms with Gasteiger partial charge < -0.3 is 9.13 Å². The maximum Gasteiger partial charge on any atom is 0.0541 e. The lowest BCUT2D eigenvalue weighted by atomic mass is 9.76. The Hall–Kier alpha value is -5.60. The van der Waals surface area contributed by atoms with Gasteiger partial charge in [-0.15, -0.1) is 0 Å². The third-order valence-electron chi connectivity index (χ3n) is 12.5. The molecule has 2 heteroatoms. The standard InChI is InChI=1S/C48H38N2/c1-47(2)39-25-22-30(50-43-19-11-7-15-33(43)34-16-8-12-20-44(34)50)28-37(39)45-40(47)26-23-35-36-27-29(21-24-38(36)48(3,4)46(35)45)49-41-17-9-5-13-31(41)32-14-6-10-18-42(32)49/h5-21,23-24,26-28H,22,25H2,1-4H3. The third kappa shape index (κ3) is 3.44. The normalized spacial score (nSPS) is 17.0. The first-order valence-corrected chi connectivity index (χ1v) is 18.1. The summed E-state index contributed by atoms with van der Waals surface area (Å²) in [7, 11) is 0. The summed E-state index contributed by atoms with van der Waals surface area (Å²) in [6, 6.07) is 47.6. The summed E-state index contributed by atoms with van der Waals surface area (Å²) in [6.07, 6.45) is 4.67. The number of hydrogen-bond acceptors (Lipinski definition) is 0.